The van der Waals surface area contributed by atoms with Crippen molar-refractivity contribution in [1.82, 2.24) is 0 Å². The van der Waals surface area contributed by atoms with Crippen LogP contribution in [0.15, 0.2) is 11.1 Å². The average Bonchev–Trinajstić information content (AvgIpc) is 2.98. The molecule has 2 heteroatoms. The molecule has 0 aromatic carbocycles. The zero-order chi connectivity index (χ0) is 15.9. The summed E-state index contributed by atoms with van der Waals surface area (Å²) < 4.78 is 0. The molecule has 2 nitrogen and oxygen atoms in total. The van der Waals surface area contributed by atoms with Crippen molar-refractivity contribution < 1.29 is 9.90 Å². The zero-order valence-electron chi connectivity index (χ0n) is 14.5. The van der Waals surface area contributed by atoms with Gasteiger partial charge in [0.1, 0.15) is 5.78 Å². The van der Waals surface area contributed by atoms with E-state index in [1.54, 1.807) is 5.57 Å². The van der Waals surface area contributed by atoms with E-state index in [0.29, 0.717) is 23.7 Å². The molecule has 0 radical (unpaired) electrons. The van der Waals surface area contributed by atoms with Gasteiger partial charge in [0.15, 0.2) is 0 Å². The van der Waals surface area contributed by atoms with Crippen LogP contribution in [0.3, 0.4) is 0 Å². The van der Waals surface area contributed by atoms with E-state index in [1.165, 1.54) is 57.8 Å². The Bertz CT molecular complexity index is 506. The molecule has 3 saturated carbocycles. The third kappa shape index (κ3) is 2.71. The number of allylic oxidation sites excluding steroid dienone is 2. The van der Waals surface area contributed by atoms with Crippen LogP contribution < -0.4 is 0 Å². The number of aliphatic hydroxyl groups is 1. The third-order valence-electron chi connectivity index (χ3n) is 7.76. The highest BCUT2D eigenvalue weighted by Gasteiger charge is 2.51. The molecular weight excluding hydrogens is 284 g/mol. The number of unbranched alkanes of at least 4 members (excludes halogenated alkanes) is 1. The molecular formula is C21H32O2. The Morgan fingerprint density at radius 3 is 2.78 bits per heavy atom. The number of Topliss-reactive ketones (excluding diaryl/α,β-unsaturated/α-hetero) is 1. The summed E-state index contributed by atoms with van der Waals surface area (Å²) in [5.74, 6) is 2.88. The minimum absolute atomic E-state index is 0.356. The number of carbonyl (C=O) groups excluding carboxylic acids is 1. The SMILES string of the molecule is O=C1CCC2=C3CC[C@]4(CCCCO)CCC[C@H]4[C@@H]3CCC2C1. The molecule has 3 fully saturated rings. The summed E-state index contributed by atoms with van der Waals surface area (Å²) >= 11 is 0. The van der Waals surface area contributed by atoms with E-state index in [9.17, 15) is 4.79 Å². The lowest BCUT2D eigenvalue weighted by atomic mass is 9.55. The fourth-order valence-corrected chi connectivity index (χ4v) is 6.77. The Morgan fingerprint density at radius 1 is 1.00 bits per heavy atom. The lowest BCUT2D eigenvalue weighted by molar-refractivity contribution is -0.120. The molecule has 0 amide bonds. The molecule has 4 aliphatic rings. The van der Waals surface area contributed by atoms with Crippen LogP contribution in [0, 0.1) is 23.2 Å². The number of fused-ring (bicyclic) bond motifs is 4. The lowest BCUT2D eigenvalue weighted by Crippen LogP contribution is -2.40. The lowest BCUT2D eigenvalue weighted by Gasteiger charge is -2.50. The van der Waals surface area contributed by atoms with Crippen LogP contribution in [0.1, 0.15) is 83.5 Å². The maximum absolute atomic E-state index is 11.8. The van der Waals surface area contributed by atoms with Crippen LogP contribution in [-0.4, -0.2) is 17.5 Å². The topological polar surface area (TPSA) is 37.3 Å². The largest absolute Gasteiger partial charge is 0.396 e. The monoisotopic (exact) mass is 316 g/mol. The van der Waals surface area contributed by atoms with Gasteiger partial charge in [-0.05, 0) is 81.0 Å². The van der Waals surface area contributed by atoms with Crippen molar-refractivity contribution in [3.05, 3.63) is 11.1 Å². The number of rotatable bonds is 4. The van der Waals surface area contributed by atoms with Crippen molar-refractivity contribution in [2.24, 2.45) is 23.2 Å². The quantitative estimate of drug-likeness (QED) is 0.597. The highest BCUT2D eigenvalue weighted by molar-refractivity contribution is 5.80. The van der Waals surface area contributed by atoms with Gasteiger partial charge in [0.25, 0.3) is 0 Å². The first kappa shape index (κ1) is 15.9. The van der Waals surface area contributed by atoms with E-state index in [-0.39, 0.29) is 0 Å². The van der Waals surface area contributed by atoms with Gasteiger partial charge in [-0.3, -0.25) is 4.79 Å². The van der Waals surface area contributed by atoms with E-state index in [1.807, 2.05) is 5.57 Å². The van der Waals surface area contributed by atoms with Gasteiger partial charge in [-0.1, -0.05) is 24.0 Å². The van der Waals surface area contributed by atoms with Crippen LogP contribution in [0.4, 0.5) is 0 Å². The molecule has 0 bridgehead atoms. The summed E-state index contributed by atoms with van der Waals surface area (Å²) in [6.07, 6.45) is 15.9. The molecule has 23 heavy (non-hydrogen) atoms. The predicted molar refractivity (Wildman–Crippen MR) is 92.0 cm³/mol. The summed E-state index contributed by atoms with van der Waals surface area (Å²) in [6.45, 7) is 0.356. The van der Waals surface area contributed by atoms with Crippen LogP contribution >= 0.6 is 0 Å². The van der Waals surface area contributed by atoms with Gasteiger partial charge in [-0.25, -0.2) is 0 Å². The summed E-state index contributed by atoms with van der Waals surface area (Å²) in [5, 5.41) is 9.14. The molecule has 0 heterocycles. The smallest absolute Gasteiger partial charge is 0.133 e. The first-order valence-electron chi connectivity index (χ1n) is 10.1. The Morgan fingerprint density at radius 2 is 1.91 bits per heavy atom. The highest BCUT2D eigenvalue weighted by Crippen LogP contribution is 2.62. The minimum Gasteiger partial charge on any atom is -0.396 e. The molecule has 128 valence electrons. The number of hydrogen-bond acceptors (Lipinski definition) is 2. The highest BCUT2D eigenvalue weighted by atomic mass is 16.2. The van der Waals surface area contributed by atoms with Crippen LogP contribution in [0.2, 0.25) is 0 Å². The van der Waals surface area contributed by atoms with Gasteiger partial charge in [0.2, 0.25) is 0 Å². The maximum Gasteiger partial charge on any atom is 0.133 e. The van der Waals surface area contributed by atoms with Gasteiger partial charge >= 0.3 is 0 Å². The standard InChI is InChI=1S/C21H32O2/c22-13-2-1-10-21-11-3-4-20(21)19-7-5-15-14-16(23)6-8-17(15)18(19)9-12-21/h15,19-20,22H,1-14H2/t15?,19-,20+,21+/m1/s1. The number of hydrogen-bond donors (Lipinski definition) is 1. The van der Waals surface area contributed by atoms with E-state index in [2.05, 4.69) is 0 Å². The number of carbonyl (C=O) groups is 1. The average molecular weight is 316 g/mol. The Balaban J connectivity index is 1.57. The van der Waals surface area contributed by atoms with Crippen molar-refractivity contribution in [3.63, 3.8) is 0 Å². The molecule has 1 unspecified atom stereocenters. The molecule has 0 spiro atoms. The second kappa shape index (κ2) is 6.35. The van der Waals surface area contributed by atoms with E-state index in [0.717, 1.165) is 37.5 Å². The van der Waals surface area contributed by atoms with Crippen LogP contribution in [0.5, 0.6) is 0 Å². The number of aliphatic hydroxyl groups excluding tert-OH is 1. The fraction of sp³-hybridized carbons (Fsp3) is 0.857. The second-order valence-electron chi connectivity index (χ2n) is 8.72. The Labute approximate surface area is 140 Å². The summed E-state index contributed by atoms with van der Waals surface area (Å²) in [6, 6.07) is 0. The molecule has 1 N–H and O–H groups in total. The number of ketones is 1. The van der Waals surface area contributed by atoms with Crippen LogP contribution in [0.25, 0.3) is 0 Å². The maximum atomic E-state index is 11.8. The van der Waals surface area contributed by atoms with Crippen molar-refractivity contribution in [3.8, 4) is 0 Å². The second-order valence-corrected chi connectivity index (χ2v) is 8.72. The minimum atomic E-state index is 0.356. The van der Waals surface area contributed by atoms with E-state index >= 15 is 0 Å². The molecule has 0 aromatic heterocycles. The molecule has 0 saturated heterocycles. The van der Waals surface area contributed by atoms with Gasteiger partial charge < -0.3 is 5.11 Å². The first-order chi connectivity index (χ1) is 11.2. The van der Waals surface area contributed by atoms with E-state index in [4.69, 9.17) is 5.11 Å². The first-order valence-corrected chi connectivity index (χ1v) is 10.1. The molecule has 4 rings (SSSR count). The third-order valence-corrected chi connectivity index (χ3v) is 7.76. The molecule has 0 aliphatic heterocycles. The summed E-state index contributed by atoms with van der Waals surface area (Å²) in [5.41, 5.74) is 4.15. The molecule has 4 atom stereocenters. The van der Waals surface area contributed by atoms with Crippen molar-refractivity contribution in [1.29, 1.82) is 0 Å². The fourth-order valence-electron chi connectivity index (χ4n) is 6.77. The molecule has 0 aromatic rings. The van der Waals surface area contributed by atoms with Crippen molar-refractivity contribution in [2.75, 3.05) is 6.61 Å². The zero-order valence-corrected chi connectivity index (χ0v) is 14.5. The van der Waals surface area contributed by atoms with Gasteiger partial charge in [0.05, 0.1) is 0 Å². The molecule has 4 aliphatic carbocycles. The Kier molecular flexibility index (Phi) is 4.38. The summed E-state index contributed by atoms with van der Waals surface area (Å²) in [4.78, 5) is 11.8. The summed E-state index contributed by atoms with van der Waals surface area (Å²) in [7, 11) is 0. The van der Waals surface area contributed by atoms with Crippen LogP contribution in [-0.2, 0) is 4.79 Å². The normalized spacial score (nSPS) is 39.9. The van der Waals surface area contributed by atoms with Gasteiger partial charge in [-0.2, -0.15) is 0 Å². The van der Waals surface area contributed by atoms with Gasteiger partial charge in [0, 0.05) is 19.4 Å². The van der Waals surface area contributed by atoms with Gasteiger partial charge in [-0.15, -0.1) is 0 Å². The van der Waals surface area contributed by atoms with Crippen molar-refractivity contribution >= 4 is 5.78 Å². The Hall–Kier alpha value is -0.630. The predicted octanol–water partition coefficient (Wildman–Crippen LogP) is 4.81. The van der Waals surface area contributed by atoms with Crippen molar-refractivity contribution in [2.45, 2.75) is 83.5 Å². The van der Waals surface area contributed by atoms with E-state index < -0.39 is 0 Å².